The molecule has 1 aromatic rings. The van der Waals surface area contributed by atoms with Gasteiger partial charge in [0, 0.05) is 13.1 Å². The third-order valence-electron chi connectivity index (χ3n) is 3.17. The molecule has 150 valence electrons. The van der Waals surface area contributed by atoms with Crippen molar-refractivity contribution in [1.82, 2.24) is 4.31 Å². The maximum Gasteiger partial charge on any atom is 0.417 e. The van der Waals surface area contributed by atoms with Gasteiger partial charge in [-0.15, -0.1) is 0 Å². The van der Waals surface area contributed by atoms with Crippen molar-refractivity contribution in [1.29, 1.82) is 0 Å². The first-order valence-electron chi connectivity index (χ1n) is 7.21. The lowest BCUT2D eigenvalue weighted by Gasteiger charge is -2.26. The molecule has 0 aromatic heterocycles. The summed E-state index contributed by atoms with van der Waals surface area (Å²) >= 11 is 0. The molecular formula is C14H17F6NO4S. The first kappa shape index (κ1) is 22.7. The second-order valence-electron chi connectivity index (χ2n) is 5.73. The van der Waals surface area contributed by atoms with E-state index in [-0.39, 0.29) is 18.2 Å². The lowest BCUT2D eigenvalue weighted by atomic mass is 10.1. The summed E-state index contributed by atoms with van der Waals surface area (Å²) in [4.78, 5) is -1.60. The standard InChI is InChI=1S/C14H17F6NO4S/c1-8(22)6-21(7-9(2)23)26(24,25)12-5-10(13(15,16)17)3-4-11(12)14(18,19)20/h3-5,8-9,22-23H,6-7H2,1-2H3/t8-,9-/m1/s1. The van der Waals surface area contributed by atoms with E-state index >= 15 is 0 Å². The maximum atomic E-state index is 13.1. The summed E-state index contributed by atoms with van der Waals surface area (Å²) in [6.07, 6.45) is -12.9. The van der Waals surface area contributed by atoms with Gasteiger partial charge in [0.2, 0.25) is 10.0 Å². The lowest BCUT2D eigenvalue weighted by molar-refractivity contribution is -0.143. The van der Waals surface area contributed by atoms with Gasteiger partial charge in [0.1, 0.15) is 0 Å². The van der Waals surface area contributed by atoms with Crippen LogP contribution in [0.2, 0.25) is 0 Å². The largest absolute Gasteiger partial charge is 0.417 e. The SMILES string of the molecule is C[C@@H](O)CN(C[C@@H](C)O)S(=O)(=O)c1cc(C(F)(F)F)ccc1C(F)(F)F. The summed E-state index contributed by atoms with van der Waals surface area (Å²) < 4.78 is 103. The van der Waals surface area contributed by atoms with Crippen LogP contribution in [0.15, 0.2) is 23.1 Å². The second-order valence-corrected chi connectivity index (χ2v) is 7.63. The van der Waals surface area contributed by atoms with Crippen LogP contribution >= 0.6 is 0 Å². The Labute approximate surface area is 145 Å². The molecule has 5 nitrogen and oxygen atoms in total. The molecular weight excluding hydrogens is 392 g/mol. The average molecular weight is 409 g/mol. The third-order valence-corrected chi connectivity index (χ3v) is 5.04. The van der Waals surface area contributed by atoms with Crippen LogP contribution in [0.1, 0.15) is 25.0 Å². The van der Waals surface area contributed by atoms with E-state index in [0.717, 1.165) is 13.8 Å². The third kappa shape index (κ3) is 5.56. The Kier molecular flexibility index (Phi) is 6.72. The smallest absolute Gasteiger partial charge is 0.392 e. The molecule has 0 heterocycles. The van der Waals surface area contributed by atoms with Crippen molar-refractivity contribution in [3.05, 3.63) is 29.3 Å². The number of rotatable bonds is 6. The number of halogens is 6. The fourth-order valence-electron chi connectivity index (χ4n) is 2.15. The maximum absolute atomic E-state index is 13.1. The summed E-state index contributed by atoms with van der Waals surface area (Å²) in [6.45, 7) is 0.865. The Morgan fingerprint density at radius 3 is 1.77 bits per heavy atom. The fourth-order valence-corrected chi connectivity index (χ4v) is 3.99. The molecule has 0 aliphatic heterocycles. The molecule has 0 fully saturated rings. The van der Waals surface area contributed by atoms with Gasteiger partial charge < -0.3 is 10.2 Å². The second kappa shape index (κ2) is 7.71. The zero-order chi connectivity index (χ0) is 20.5. The first-order valence-corrected chi connectivity index (χ1v) is 8.65. The minimum atomic E-state index is -5.23. The summed E-state index contributed by atoms with van der Waals surface area (Å²) in [5.41, 5.74) is -3.34. The van der Waals surface area contributed by atoms with E-state index in [0.29, 0.717) is 4.31 Å². The number of aliphatic hydroxyl groups excluding tert-OH is 2. The summed E-state index contributed by atoms with van der Waals surface area (Å²) in [5.74, 6) is 0. The van der Waals surface area contributed by atoms with Crippen molar-refractivity contribution in [2.45, 2.75) is 43.3 Å². The number of hydrogen-bond donors (Lipinski definition) is 2. The molecule has 0 saturated carbocycles. The van der Waals surface area contributed by atoms with Gasteiger partial charge >= 0.3 is 12.4 Å². The molecule has 0 unspecified atom stereocenters. The van der Waals surface area contributed by atoms with Gasteiger partial charge in [-0.3, -0.25) is 0 Å². The summed E-state index contributed by atoms with van der Waals surface area (Å²) in [5, 5.41) is 18.7. The normalized spacial score (nSPS) is 16.0. The van der Waals surface area contributed by atoms with Gasteiger partial charge in [0.05, 0.1) is 28.2 Å². The Balaban J connectivity index is 3.65. The van der Waals surface area contributed by atoms with Crippen molar-refractivity contribution >= 4 is 10.0 Å². The van der Waals surface area contributed by atoms with Crippen LogP contribution in [-0.4, -0.2) is 48.2 Å². The molecule has 0 saturated heterocycles. The molecule has 26 heavy (non-hydrogen) atoms. The Bertz CT molecular complexity index is 718. The van der Waals surface area contributed by atoms with Crippen LogP contribution in [0.5, 0.6) is 0 Å². The van der Waals surface area contributed by atoms with Crippen LogP contribution in [0.25, 0.3) is 0 Å². The van der Waals surface area contributed by atoms with Crippen molar-refractivity contribution in [3.63, 3.8) is 0 Å². The topological polar surface area (TPSA) is 77.8 Å². The van der Waals surface area contributed by atoms with E-state index in [1.54, 1.807) is 0 Å². The Morgan fingerprint density at radius 2 is 1.42 bits per heavy atom. The minimum Gasteiger partial charge on any atom is -0.392 e. The van der Waals surface area contributed by atoms with E-state index in [2.05, 4.69) is 0 Å². The number of alkyl halides is 6. The monoisotopic (exact) mass is 409 g/mol. The van der Waals surface area contributed by atoms with Crippen LogP contribution in [0.4, 0.5) is 26.3 Å². The van der Waals surface area contributed by atoms with E-state index in [4.69, 9.17) is 0 Å². The van der Waals surface area contributed by atoms with Gasteiger partial charge in [-0.1, -0.05) is 0 Å². The predicted molar refractivity (Wildman–Crippen MR) is 78.6 cm³/mol. The van der Waals surface area contributed by atoms with E-state index in [9.17, 15) is 45.0 Å². The molecule has 0 radical (unpaired) electrons. The number of benzene rings is 1. The van der Waals surface area contributed by atoms with Gasteiger partial charge in [-0.2, -0.15) is 30.6 Å². The summed E-state index contributed by atoms with van der Waals surface area (Å²) in [7, 11) is -5.09. The van der Waals surface area contributed by atoms with E-state index in [1.165, 1.54) is 0 Å². The predicted octanol–water partition coefficient (Wildman–Crippen LogP) is 2.48. The molecule has 12 heteroatoms. The van der Waals surface area contributed by atoms with Gasteiger partial charge in [0.25, 0.3) is 0 Å². The van der Waals surface area contributed by atoms with Gasteiger partial charge in [0.15, 0.2) is 0 Å². The van der Waals surface area contributed by atoms with Crippen LogP contribution in [-0.2, 0) is 22.4 Å². The Hall–Kier alpha value is -1.37. The number of nitrogens with zero attached hydrogens (tertiary/aromatic N) is 1. The van der Waals surface area contributed by atoms with Crippen LogP contribution < -0.4 is 0 Å². The minimum absolute atomic E-state index is 0.0403. The molecule has 0 bridgehead atoms. The molecule has 0 spiro atoms. The zero-order valence-corrected chi connectivity index (χ0v) is 14.5. The highest BCUT2D eigenvalue weighted by molar-refractivity contribution is 7.89. The van der Waals surface area contributed by atoms with Crippen molar-refractivity contribution in [2.75, 3.05) is 13.1 Å². The van der Waals surface area contributed by atoms with E-state index < -0.39 is 63.7 Å². The molecule has 0 aliphatic carbocycles. The van der Waals surface area contributed by atoms with Crippen LogP contribution in [0.3, 0.4) is 0 Å². The number of hydrogen-bond acceptors (Lipinski definition) is 4. The molecule has 1 rings (SSSR count). The molecule has 0 amide bonds. The van der Waals surface area contributed by atoms with Crippen molar-refractivity contribution in [3.8, 4) is 0 Å². The zero-order valence-electron chi connectivity index (χ0n) is 13.6. The Morgan fingerprint density at radius 1 is 0.962 bits per heavy atom. The van der Waals surface area contributed by atoms with Crippen molar-refractivity contribution < 1.29 is 45.0 Å². The molecule has 0 aliphatic rings. The highest BCUT2D eigenvalue weighted by Gasteiger charge is 2.42. The highest BCUT2D eigenvalue weighted by atomic mass is 32.2. The fraction of sp³-hybridized carbons (Fsp3) is 0.571. The van der Waals surface area contributed by atoms with Crippen LogP contribution in [0, 0.1) is 0 Å². The number of aliphatic hydroxyl groups is 2. The summed E-state index contributed by atoms with van der Waals surface area (Å²) in [6, 6.07) is 0.0728. The van der Waals surface area contributed by atoms with Crippen molar-refractivity contribution in [2.24, 2.45) is 0 Å². The molecule has 2 N–H and O–H groups in total. The highest BCUT2D eigenvalue weighted by Crippen LogP contribution is 2.39. The first-order chi connectivity index (χ1) is 11.6. The molecule has 1 aromatic carbocycles. The quantitative estimate of drug-likeness (QED) is 0.708. The van der Waals surface area contributed by atoms with Gasteiger partial charge in [-0.25, -0.2) is 8.42 Å². The average Bonchev–Trinajstić information content (AvgIpc) is 2.43. The molecule has 2 atom stereocenters. The van der Waals surface area contributed by atoms with Gasteiger partial charge in [-0.05, 0) is 32.0 Å². The lowest BCUT2D eigenvalue weighted by Crippen LogP contribution is -2.41. The van der Waals surface area contributed by atoms with E-state index in [1.807, 2.05) is 0 Å². The number of sulfonamides is 1.